The highest BCUT2D eigenvalue weighted by molar-refractivity contribution is 6.35. The largest absolute Gasteiger partial charge is 0.480 e. The number of nitrogens with one attached hydrogen (secondary N) is 5. The minimum atomic E-state index is -4.66. The Labute approximate surface area is 307 Å². The van der Waals surface area contributed by atoms with Crippen LogP contribution in [0.2, 0.25) is 5.02 Å². The van der Waals surface area contributed by atoms with E-state index in [1.54, 1.807) is 12.1 Å². The second-order valence-electron chi connectivity index (χ2n) is 12.0. The van der Waals surface area contributed by atoms with Crippen molar-refractivity contribution in [2.45, 2.75) is 43.6 Å². The first kappa shape index (κ1) is 39.1. The van der Waals surface area contributed by atoms with Crippen LogP contribution in [-0.2, 0) is 26.5 Å². The van der Waals surface area contributed by atoms with E-state index >= 15 is 0 Å². The number of carboxylic acids is 1. The maximum absolute atomic E-state index is 13.3. The molecule has 6 N–H and O–H groups in total. The molecule has 1 heterocycles. The van der Waals surface area contributed by atoms with Crippen LogP contribution in [0.5, 0.6) is 6.01 Å². The van der Waals surface area contributed by atoms with E-state index in [0.717, 1.165) is 17.7 Å². The van der Waals surface area contributed by atoms with Crippen LogP contribution in [0.25, 0.3) is 0 Å². The fourth-order valence-corrected chi connectivity index (χ4v) is 5.12. The van der Waals surface area contributed by atoms with Crippen molar-refractivity contribution in [1.29, 1.82) is 0 Å². The third kappa shape index (κ3) is 11.2. The average molecular weight is 777 g/mol. The molecular weight excluding hydrogens is 747 g/mol. The number of ether oxygens (including phenoxy) is 1. The highest BCUT2D eigenvalue weighted by Gasteiger charge is 2.45. The molecule has 0 spiro atoms. The molecule has 0 radical (unpaired) electrons. The van der Waals surface area contributed by atoms with Crippen LogP contribution < -0.4 is 31.3 Å². The van der Waals surface area contributed by atoms with Crippen molar-refractivity contribution in [2.24, 2.45) is 0 Å². The monoisotopic (exact) mass is 776 g/mol. The number of anilines is 3. The van der Waals surface area contributed by atoms with Gasteiger partial charge in [-0.1, -0.05) is 23.7 Å². The van der Waals surface area contributed by atoms with Crippen LogP contribution >= 0.6 is 11.6 Å². The highest BCUT2D eigenvalue weighted by Crippen LogP contribution is 2.48. The molecule has 4 aromatic rings. The molecule has 20 heteroatoms. The normalized spacial score (nSPS) is 13.6. The summed E-state index contributed by atoms with van der Waals surface area (Å²) in [7, 11) is 0. The molecular formula is C34H30ClF5N8O6. The van der Waals surface area contributed by atoms with E-state index in [2.05, 4.69) is 41.5 Å². The molecule has 1 atom stereocenters. The number of hydrogen-bond acceptors (Lipinski definition) is 10. The zero-order valence-electron chi connectivity index (χ0n) is 27.8. The molecule has 0 unspecified atom stereocenters. The van der Waals surface area contributed by atoms with Gasteiger partial charge in [-0.05, 0) is 78.9 Å². The van der Waals surface area contributed by atoms with Crippen molar-refractivity contribution in [3.05, 3.63) is 100 Å². The van der Waals surface area contributed by atoms with Gasteiger partial charge in [0.2, 0.25) is 11.9 Å². The van der Waals surface area contributed by atoms with Gasteiger partial charge in [0.15, 0.2) is 6.61 Å². The van der Waals surface area contributed by atoms with Gasteiger partial charge >= 0.3 is 30.0 Å². The molecule has 1 aromatic heterocycles. The minimum Gasteiger partial charge on any atom is -0.480 e. The first-order valence-corrected chi connectivity index (χ1v) is 16.4. The fraction of sp³-hybridized carbons (Fsp3) is 0.265. The molecule has 54 heavy (non-hydrogen) atoms. The molecule has 14 nitrogen and oxygen atoms in total. The molecule has 1 saturated carbocycles. The van der Waals surface area contributed by atoms with Crippen molar-refractivity contribution in [3.63, 3.8) is 0 Å². The quantitative estimate of drug-likeness (QED) is 0.0730. The van der Waals surface area contributed by atoms with Gasteiger partial charge in [0.1, 0.15) is 17.7 Å². The summed E-state index contributed by atoms with van der Waals surface area (Å²) < 4.78 is 70.2. The number of alkyl halides is 3. The maximum atomic E-state index is 13.3. The highest BCUT2D eigenvalue weighted by atomic mass is 35.5. The predicted octanol–water partition coefficient (Wildman–Crippen LogP) is 4.59. The molecule has 1 aliphatic carbocycles. The molecule has 1 aliphatic rings. The average Bonchev–Trinajstić information content (AvgIpc) is 3.89. The molecule has 5 rings (SSSR count). The van der Waals surface area contributed by atoms with Gasteiger partial charge in [-0.15, -0.1) is 0 Å². The number of nitrogens with zero attached hydrogens (tertiary/aromatic N) is 3. The number of aliphatic carboxylic acids is 1. The maximum Gasteiger partial charge on any atom is 0.422 e. The zero-order valence-corrected chi connectivity index (χ0v) is 28.5. The van der Waals surface area contributed by atoms with Gasteiger partial charge in [-0.3, -0.25) is 14.4 Å². The van der Waals surface area contributed by atoms with E-state index < -0.39 is 65.7 Å². The summed E-state index contributed by atoms with van der Waals surface area (Å²) in [4.78, 5) is 61.0. The van der Waals surface area contributed by atoms with E-state index in [9.17, 15) is 46.2 Å². The van der Waals surface area contributed by atoms with Gasteiger partial charge in [0.05, 0.1) is 5.54 Å². The Kier molecular flexibility index (Phi) is 12.1. The second kappa shape index (κ2) is 16.7. The summed E-state index contributed by atoms with van der Waals surface area (Å²) in [6.07, 6.45) is -3.61. The zero-order chi connectivity index (χ0) is 39.0. The van der Waals surface area contributed by atoms with Crippen molar-refractivity contribution < 1.29 is 51.0 Å². The fourth-order valence-electron chi connectivity index (χ4n) is 4.99. The minimum absolute atomic E-state index is 0.0230. The third-order valence-corrected chi connectivity index (χ3v) is 8.04. The van der Waals surface area contributed by atoms with Crippen molar-refractivity contribution in [1.82, 2.24) is 30.9 Å². The van der Waals surface area contributed by atoms with Crippen LogP contribution in [0, 0.1) is 11.6 Å². The Hall–Kier alpha value is -6.11. The summed E-state index contributed by atoms with van der Waals surface area (Å²) in [6.45, 7) is -2.33. The number of carbonyl (C=O) groups is 4. The summed E-state index contributed by atoms with van der Waals surface area (Å²) in [5.41, 5.74) is 0.670. The number of aromatic nitrogens is 3. The van der Waals surface area contributed by atoms with Gasteiger partial charge in [0.25, 0.3) is 5.91 Å². The summed E-state index contributed by atoms with van der Waals surface area (Å²) in [6, 6.07) is 13.0. The van der Waals surface area contributed by atoms with Crippen LogP contribution in [0.1, 0.15) is 40.7 Å². The number of amides is 3. The number of carboxylic acid groups (broad SMARTS) is 1. The lowest BCUT2D eigenvalue weighted by Gasteiger charge is -2.19. The van der Waals surface area contributed by atoms with Crippen molar-refractivity contribution in [2.75, 3.05) is 23.8 Å². The summed E-state index contributed by atoms with van der Waals surface area (Å²) in [5, 5.41) is 22.8. The smallest absolute Gasteiger partial charge is 0.422 e. The van der Waals surface area contributed by atoms with E-state index in [0.29, 0.717) is 29.6 Å². The van der Waals surface area contributed by atoms with Crippen LogP contribution in [0.15, 0.2) is 66.7 Å². The molecule has 3 amide bonds. The van der Waals surface area contributed by atoms with Crippen LogP contribution in [0.4, 0.5) is 39.5 Å². The Morgan fingerprint density at radius 3 is 2.11 bits per heavy atom. The lowest BCUT2D eigenvalue weighted by atomic mass is 10.1. The first-order chi connectivity index (χ1) is 25.6. The first-order valence-electron chi connectivity index (χ1n) is 16.0. The Morgan fingerprint density at radius 1 is 0.870 bits per heavy atom. The Balaban J connectivity index is 1.17. The van der Waals surface area contributed by atoms with E-state index in [4.69, 9.17) is 16.3 Å². The number of hydrogen-bond donors (Lipinski definition) is 6. The molecule has 3 aromatic carbocycles. The standard InChI is InChI=1S/C34H30ClF5N8O6/c35-21-5-3-20(4-6-21)33(10-11-33)48-31-45-30(46-32(47-31)54-17-34(38,39)40)43-24-7-1-19(2-8-24)26(49)44-25(29(52)53)9-12-41-27(50)28(51)42-16-18-13-22(36)15-23(37)14-18/h1-8,13-15,25H,9-12,16-17H2,(H,41,50)(H,42,51)(H,44,49)(H,52,53)(H2,43,45,46,47,48)/t25-/m0/s1. The lowest BCUT2D eigenvalue weighted by molar-refractivity contribution is -0.154. The Bertz CT molecular complexity index is 2000. The van der Waals surface area contributed by atoms with E-state index in [-0.39, 0.29) is 42.5 Å². The molecule has 284 valence electrons. The summed E-state index contributed by atoms with van der Waals surface area (Å²) in [5.74, 6) is -6.49. The van der Waals surface area contributed by atoms with E-state index in [1.807, 2.05) is 12.1 Å². The van der Waals surface area contributed by atoms with Gasteiger partial charge in [-0.25, -0.2) is 13.6 Å². The van der Waals surface area contributed by atoms with E-state index in [1.165, 1.54) is 24.3 Å². The number of rotatable bonds is 15. The Morgan fingerprint density at radius 2 is 1.50 bits per heavy atom. The van der Waals surface area contributed by atoms with Gasteiger partial charge < -0.3 is 36.4 Å². The molecule has 0 aliphatic heterocycles. The van der Waals surface area contributed by atoms with Crippen molar-refractivity contribution in [3.8, 4) is 6.01 Å². The predicted molar refractivity (Wildman–Crippen MR) is 182 cm³/mol. The van der Waals surface area contributed by atoms with Gasteiger partial charge in [-0.2, -0.15) is 28.1 Å². The number of carbonyl (C=O) groups excluding carboxylic acids is 3. The molecule has 0 saturated heterocycles. The molecule has 0 bridgehead atoms. The third-order valence-electron chi connectivity index (χ3n) is 7.78. The summed E-state index contributed by atoms with van der Waals surface area (Å²) >= 11 is 6.00. The van der Waals surface area contributed by atoms with Crippen molar-refractivity contribution >= 4 is 52.9 Å². The van der Waals surface area contributed by atoms with Crippen LogP contribution in [-0.4, -0.2) is 69.1 Å². The molecule has 1 fully saturated rings. The lowest BCUT2D eigenvalue weighted by Crippen LogP contribution is -2.45. The topological polar surface area (TPSA) is 197 Å². The van der Waals surface area contributed by atoms with Crippen LogP contribution in [0.3, 0.4) is 0 Å². The number of benzene rings is 3. The SMILES string of the molecule is O=C(NCC[C@H](NC(=O)c1ccc(Nc2nc(NC3(c4ccc(Cl)cc4)CC3)nc(OCC(F)(F)F)n2)cc1)C(=O)O)C(=O)NCc1cc(F)cc(F)c1. The van der Waals surface area contributed by atoms with Gasteiger partial charge in [0, 0.05) is 35.4 Å². The number of halogens is 6. The second-order valence-corrected chi connectivity index (χ2v) is 12.4.